The van der Waals surface area contributed by atoms with Crippen molar-refractivity contribution in [3.8, 4) is 11.8 Å². The van der Waals surface area contributed by atoms with Gasteiger partial charge in [0.15, 0.2) is 0 Å². The van der Waals surface area contributed by atoms with Crippen molar-refractivity contribution in [2.24, 2.45) is 23.2 Å². The van der Waals surface area contributed by atoms with Crippen LogP contribution >= 0.6 is 0 Å². The van der Waals surface area contributed by atoms with Gasteiger partial charge in [-0.1, -0.05) is 18.2 Å². The molecule has 3 unspecified atom stereocenters. The molecule has 202 valence electrons. The first kappa shape index (κ1) is 25.2. The van der Waals surface area contributed by atoms with Crippen molar-refractivity contribution in [2.75, 3.05) is 30.3 Å². The third kappa shape index (κ3) is 5.13. The van der Waals surface area contributed by atoms with Crippen LogP contribution in [0.25, 0.3) is 0 Å². The van der Waals surface area contributed by atoms with Gasteiger partial charge in [0, 0.05) is 24.7 Å². The molecule has 2 aromatic rings. The van der Waals surface area contributed by atoms with Crippen LogP contribution < -0.4 is 15.4 Å². The van der Waals surface area contributed by atoms with Crippen LogP contribution in [-0.2, 0) is 6.54 Å². The first-order valence-corrected chi connectivity index (χ1v) is 13.6. The van der Waals surface area contributed by atoms with Gasteiger partial charge in [-0.2, -0.15) is 10.2 Å². The molecule has 4 bridgehead atoms. The lowest BCUT2D eigenvalue weighted by atomic mass is 9.47. The van der Waals surface area contributed by atoms with Gasteiger partial charge < -0.3 is 15.4 Å². The Morgan fingerprint density at radius 3 is 2.53 bits per heavy atom. The van der Waals surface area contributed by atoms with Gasteiger partial charge in [0.1, 0.15) is 23.2 Å². The fourth-order valence-electron chi connectivity index (χ4n) is 8.02. The summed E-state index contributed by atoms with van der Waals surface area (Å²) in [6.45, 7) is 3.33. The summed E-state index contributed by atoms with van der Waals surface area (Å²) < 4.78 is 42.4. The van der Waals surface area contributed by atoms with E-state index < -0.39 is 6.36 Å². The fraction of sp³-hybridized carbons (Fsp3) is 0.607. The van der Waals surface area contributed by atoms with E-state index in [1.54, 1.807) is 12.1 Å². The van der Waals surface area contributed by atoms with Crippen LogP contribution in [0, 0.1) is 34.5 Å². The van der Waals surface area contributed by atoms with E-state index in [9.17, 15) is 18.4 Å². The van der Waals surface area contributed by atoms with Crippen LogP contribution in [-0.4, -0.2) is 46.9 Å². The average Bonchev–Trinajstić information content (AvgIpc) is 3.40. The standard InChI is InChI=1S/C28H33F3N6O/c29-28(30,31)38-23-6-2-1-5-19(23)15-33-26-34-16-22(14-32)25(36-26)35-17-27-11-18-9-20(12-27)24(21(10-18)13-27)37-7-3-4-8-37/h1-2,5-6,16,18,20-21,24H,3-4,7-13,15,17H2,(H2,33,34,35,36)/t18?,20-,21+,24?,27?. The number of hydrogen-bond acceptors (Lipinski definition) is 7. The van der Waals surface area contributed by atoms with Crippen LogP contribution in [0.2, 0.25) is 0 Å². The van der Waals surface area contributed by atoms with Crippen LogP contribution in [0.1, 0.15) is 56.1 Å². The van der Waals surface area contributed by atoms with Crippen molar-refractivity contribution >= 4 is 11.8 Å². The molecule has 5 fully saturated rings. The molecule has 38 heavy (non-hydrogen) atoms. The van der Waals surface area contributed by atoms with Crippen LogP contribution in [0.15, 0.2) is 30.5 Å². The number of nitrogens with zero attached hydrogens (tertiary/aromatic N) is 4. The molecule has 1 aromatic heterocycles. The van der Waals surface area contributed by atoms with E-state index in [1.807, 2.05) is 0 Å². The maximum atomic E-state index is 12.8. The van der Waals surface area contributed by atoms with E-state index in [0.29, 0.717) is 16.9 Å². The number of ether oxygens (including phenoxy) is 1. The van der Waals surface area contributed by atoms with Crippen molar-refractivity contribution in [3.05, 3.63) is 41.6 Å². The van der Waals surface area contributed by atoms with Crippen molar-refractivity contribution in [3.63, 3.8) is 0 Å². The molecule has 1 aromatic carbocycles. The smallest absolute Gasteiger partial charge is 0.405 e. The predicted molar refractivity (Wildman–Crippen MR) is 136 cm³/mol. The van der Waals surface area contributed by atoms with Crippen molar-refractivity contribution in [2.45, 2.75) is 63.9 Å². The van der Waals surface area contributed by atoms with E-state index in [-0.39, 0.29) is 23.7 Å². The Morgan fingerprint density at radius 1 is 1.08 bits per heavy atom. The van der Waals surface area contributed by atoms with Gasteiger partial charge in [-0.05, 0) is 87.3 Å². The number of likely N-dealkylation sites (tertiary alicyclic amines) is 1. The molecule has 10 heteroatoms. The molecule has 0 amide bonds. The third-order valence-electron chi connectivity index (χ3n) is 9.09. The van der Waals surface area contributed by atoms with Gasteiger partial charge in [-0.15, -0.1) is 13.2 Å². The summed E-state index contributed by atoms with van der Waals surface area (Å²) in [5, 5.41) is 16.1. The number of hydrogen-bond donors (Lipinski definition) is 2. The first-order valence-electron chi connectivity index (χ1n) is 13.6. The number of nitrogens with one attached hydrogen (secondary N) is 2. The normalized spacial score (nSPS) is 30.3. The molecular formula is C28H33F3N6O. The van der Waals surface area contributed by atoms with E-state index >= 15 is 0 Å². The molecule has 5 atom stereocenters. The van der Waals surface area contributed by atoms with Crippen molar-refractivity contribution in [1.29, 1.82) is 5.26 Å². The minimum atomic E-state index is -4.77. The van der Waals surface area contributed by atoms with Gasteiger partial charge >= 0.3 is 6.36 Å². The number of alkyl halides is 3. The van der Waals surface area contributed by atoms with Gasteiger partial charge in [0.05, 0.1) is 6.20 Å². The zero-order chi connectivity index (χ0) is 26.3. The summed E-state index contributed by atoms with van der Waals surface area (Å²) in [6, 6.07) is 8.88. The lowest BCUT2D eigenvalue weighted by Crippen LogP contribution is -2.60. The first-order chi connectivity index (χ1) is 18.3. The van der Waals surface area contributed by atoms with E-state index in [0.717, 1.165) is 30.3 Å². The third-order valence-corrected chi connectivity index (χ3v) is 9.09. The van der Waals surface area contributed by atoms with Crippen LogP contribution in [0.3, 0.4) is 0 Å². The number of benzene rings is 1. The Labute approximate surface area is 220 Å². The number of anilines is 2. The Kier molecular flexibility index (Phi) is 6.58. The van der Waals surface area contributed by atoms with Gasteiger partial charge in [0.25, 0.3) is 0 Å². The Morgan fingerprint density at radius 2 is 1.82 bits per heavy atom. The maximum absolute atomic E-state index is 12.8. The van der Waals surface area contributed by atoms with Gasteiger partial charge in [0.2, 0.25) is 5.95 Å². The molecule has 0 spiro atoms. The minimum Gasteiger partial charge on any atom is -0.405 e. The molecule has 0 radical (unpaired) electrons. The van der Waals surface area contributed by atoms with Crippen molar-refractivity contribution < 1.29 is 17.9 Å². The molecular weight excluding hydrogens is 493 g/mol. The monoisotopic (exact) mass is 526 g/mol. The average molecular weight is 527 g/mol. The molecule has 7 nitrogen and oxygen atoms in total. The van der Waals surface area contributed by atoms with E-state index in [2.05, 4.69) is 36.3 Å². The van der Waals surface area contributed by atoms with Gasteiger partial charge in [-0.3, -0.25) is 4.90 Å². The second-order valence-electron chi connectivity index (χ2n) is 11.6. The zero-order valence-corrected chi connectivity index (χ0v) is 21.3. The van der Waals surface area contributed by atoms with Crippen LogP contribution in [0.5, 0.6) is 5.75 Å². The van der Waals surface area contributed by atoms with Crippen molar-refractivity contribution in [1.82, 2.24) is 14.9 Å². The highest BCUT2D eigenvalue weighted by molar-refractivity contribution is 5.53. The quantitative estimate of drug-likeness (QED) is 0.466. The molecule has 1 saturated heterocycles. The van der Waals surface area contributed by atoms with Gasteiger partial charge in [-0.25, -0.2) is 4.98 Å². The lowest BCUT2D eigenvalue weighted by Gasteiger charge is -2.62. The molecule has 5 aliphatic rings. The fourth-order valence-corrected chi connectivity index (χ4v) is 8.02. The number of nitriles is 1. The number of rotatable bonds is 8. The molecule has 2 N–H and O–H groups in total. The lowest BCUT2D eigenvalue weighted by molar-refractivity contribution is -0.274. The second kappa shape index (κ2) is 9.92. The van der Waals surface area contributed by atoms with E-state index in [4.69, 9.17) is 0 Å². The Bertz CT molecular complexity index is 1190. The number of para-hydroxylation sites is 1. The number of halogens is 3. The zero-order valence-electron chi connectivity index (χ0n) is 21.3. The highest BCUT2D eigenvalue weighted by Crippen LogP contribution is 2.61. The topological polar surface area (TPSA) is 86.1 Å². The summed E-state index contributed by atoms with van der Waals surface area (Å²) >= 11 is 0. The predicted octanol–water partition coefficient (Wildman–Crippen LogP) is 5.56. The number of aromatic nitrogens is 2. The Balaban J connectivity index is 1.13. The molecule has 7 rings (SSSR count). The summed E-state index contributed by atoms with van der Waals surface area (Å²) in [7, 11) is 0. The second-order valence-corrected chi connectivity index (χ2v) is 11.6. The molecule has 2 heterocycles. The Hall–Kier alpha value is -3.06. The SMILES string of the molecule is N#Cc1cnc(NCc2ccccc2OC(F)(F)F)nc1NCC12CC3C[C@H](C1)C(N1CCCC1)[C@@H](C3)C2. The van der Waals surface area contributed by atoms with E-state index in [1.165, 1.54) is 76.4 Å². The minimum absolute atomic E-state index is 0.0461. The summed E-state index contributed by atoms with van der Waals surface area (Å²) in [5.41, 5.74) is 0.913. The highest BCUT2D eigenvalue weighted by atomic mass is 19.4. The summed E-state index contributed by atoms with van der Waals surface area (Å²) in [5.74, 6) is 2.76. The largest absolute Gasteiger partial charge is 0.573 e. The molecule has 4 aliphatic carbocycles. The maximum Gasteiger partial charge on any atom is 0.573 e. The summed E-state index contributed by atoms with van der Waals surface area (Å²) in [4.78, 5) is 11.5. The summed E-state index contributed by atoms with van der Waals surface area (Å²) in [6.07, 6.45) is 5.72. The van der Waals surface area contributed by atoms with Crippen LogP contribution in [0.4, 0.5) is 24.9 Å². The highest BCUT2D eigenvalue weighted by Gasteiger charge is 2.56. The molecule has 1 aliphatic heterocycles. The molecule has 4 saturated carbocycles.